The Morgan fingerprint density at radius 1 is 1.17 bits per heavy atom. The van der Waals surface area contributed by atoms with Crippen molar-refractivity contribution in [3.05, 3.63) is 22.9 Å². The van der Waals surface area contributed by atoms with Gasteiger partial charge < -0.3 is 14.6 Å². The van der Waals surface area contributed by atoms with Crippen LogP contribution in [0.2, 0.25) is 0 Å². The van der Waals surface area contributed by atoms with Crippen LogP contribution in [-0.2, 0) is 9.47 Å². The van der Waals surface area contributed by atoms with Crippen LogP contribution in [0, 0.1) is 0 Å². The first-order valence-corrected chi connectivity index (χ1v) is 5.32. The van der Waals surface area contributed by atoms with Crippen LogP contribution in [0.5, 0.6) is 5.88 Å². The van der Waals surface area contributed by atoms with E-state index in [0.29, 0.717) is 5.69 Å². The summed E-state index contributed by atoms with van der Waals surface area (Å²) in [7, 11) is 2.41. The summed E-state index contributed by atoms with van der Waals surface area (Å²) in [5.74, 6) is -1.94. The molecule has 0 atom stereocenters. The molecule has 1 aromatic heterocycles. The molecule has 1 aromatic rings. The lowest BCUT2D eigenvalue weighted by atomic mass is 10.0. The van der Waals surface area contributed by atoms with Gasteiger partial charge in [-0.05, 0) is 12.0 Å². The summed E-state index contributed by atoms with van der Waals surface area (Å²) in [6.45, 7) is 3.62. The fourth-order valence-corrected chi connectivity index (χ4v) is 1.49. The van der Waals surface area contributed by atoms with Gasteiger partial charge >= 0.3 is 11.9 Å². The first-order valence-electron chi connectivity index (χ1n) is 5.32. The zero-order valence-electron chi connectivity index (χ0n) is 10.7. The Morgan fingerprint density at radius 3 is 2.11 bits per heavy atom. The summed E-state index contributed by atoms with van der Waals surface area (Å²) in [6.07, 6.45) is 0. The maximum atomic E-state index is 11.6. The van der Waals surface area contributed by atoms with Gasteiger partial charge in [0.25, 0.3) is 0 Å². The minimum absolute atomic E-state index is 0.100. The number of nitrogens with zero attached hydrogens (tertiary/aromatic N) is 1. The second-order valence-electron chi connectivity index (χ2n) is 3.93. The van der Waals surface area contributed by atoms with Crippen LogP contribution in [0.3, 0.4) is 0 Å². The van der Waals surface area contributed by atoms with Crippen LogP contribution in [0.15, 0.2) is 6.07 Å². The lowest BCUT2D eigenvalue weighted by Crippen LogP contribution is -2.13. The molecule has 0 aliphatic heterocycles. The van der Waals surface area contributed by atoms with Crippen molar-refractivity contribution in [1.29, 1.82) is 0 Å². The van der Waals surface area contributed by atoms with Crippen LogP contribution in [0.25, 0.3) is 0 Å². The highest BCUT2D eigenvalue weighted by atomic mass is 16.5. The van der Waals surface area contributed by atoms with E-state index in [1.165, 1.54) is 20.3 Å². The maximum absolute atomic E-state index is 11.6. The van der Waals surface area contributed by atoms with Crippen LogP contribution in [0.1, 0.15) is 46.2 Å². The molecule has 0 radical (unpaired) electrons. The first-order chi connectivity index (χ1) is 8.42. The van der Waals surface area contributed by atoms with Crippen LogP contribution >= 0.6 is 0 Å². The van der Waals surface area contributed by atoms with Gasteiger partial charge in [-0.15, -0.1) is 0 Å². The molecule has 1 N–H and O–H groups in total. The van der Waals surface area contributed by atoms with E-state index in [1.807, 2.05) is 13.8 Å². The van der Waals surface area contributed by atoms with Gasteiger partial charge in [0.05, 0.1) is 25.5 Å². The number of carbonyl (C=O) groups excluding carboxylic acids is 2. The van der Waals surface area contributed by atoms with E-state index in [0.717, 1.165) is 0 Å². The van der Waals surface area contributed by atoms with E-state index in [9.17, 15) is 14.7 Å². The Morgan fingerprint density at radius 2 is 1.67 bits per heavy atom. The van der Waals surface area contributed by atoms with Gasteiger partial charge in [0, 0.05) is 0 Å². The quantitative estimate of drug-likeness (QED) is 0.821. The van der Waals surface area contributed by atoms with Crippen molar-refractivity contribution in [3.63, 3.8) is 0 Å². The Labute approximate surface area is 105 Å². The minimum atomic E-state index is -0.763. The number of hydrogen-bond donors (Lipinski definition) is 1. The third kappa shape index (κ3) is 2.58. The van der Waals surface area contributed by atoms with E-state index < -0.39 is 17.8 Å². The highest BCUT2D eigenvalue weighted by molar-refractivity contribution is 5.97. The molecule has 18 heavy (non-hydrogen) atoms. The summed E-state index contributed by atoms with van der Waals surface area (Å²) in [6, 6.07) is 1.23. The molecule has 0 spiro atoms. The molecule has 0 saturated carbocycles. The highest BCUT2D eigenvalue weighted by Gasteiger charge is 2.23. The summed E-state index contributed by atoms with van der Waals surface area (Å²) in [4.78, 5) is 26.9. The lowest BCUT2D eigenvalue weighted by molar-refractivity contribution is 0.0594. The molecule has 0 amide bonds. The van der Waals surface area contributed by atoms with Gasteiger partial charge in [-0.1, -0.05) is 13.8 Å². The van der Waals surface area contributed by atoms with Crippen molar-refractivity contribution in [2.75, 3.05) is 14.2 Å². The molecule has 0 aliphatic carbocycles. The Hall–Kier alpha value is -2.11. The van der Waals surface area contributed by atoms with E-state index in [1.54, 1.807) is 0 Å². The fraction of sp³-hybridized carbons (Fsp3) is 0.417. The van der Waals surface area contributed by atoms with E-state index in [4.69, 9.17) is 0 Å². The van der Waals surface area contributed by atoms with Crippen molar-refractivity contribution >= 4 is 11.9 Å². The van der Waals surface area contributed by atoms with Gasteiger partial charge in [-0.2, -0.15) is 0 Å². The molecule has 1 rings (SSSR count). The molecular formula is C12H15NO5. The Balaban J connectivity index is 3.45. The summed E-state index contributed by atoms with van der Waals surface area (Å²) in [5, 5.41) is 9.66. The number of hydrogen-bond acceptors (Lipinski definition) is 6. The first kappa shape index (κ1) is 14.0. The molecule has 0 aromatic carbocycles. The topological polar surface area (TPSA) is 85.7 Å². The third-order valence-corrected chi connectivity index (χ3v) is 2.39. The standard InChI is InChI=1S/C12H15NO5/c1-6(2)9-7(11(15)17-3)5-8(10(14)13-9)12(16)18-4/h5-6H,1-4H3,(H,13,14). The second-order valence-corrected chi connectivity index (χ2v) is 3.93. The number of aromatic nitrogens is 1. The van der Waals surface area contributed by atoms with Crippen LogP contribution < -0.4 is 0 Å². The van der Waals surface area contributed by atoms with Crippen LogP contribution in [0.4, 0.5) is 0 Å². The lowest BCUT2D eigenvalue weighted by Gasteiger charge is -2.12. The van der Waals surface area contributed by atoms with Gasteiger partial charge in [0.1, 0.15) is 5.56 Å². The predicted octanol–water partition coefficient (Wildman–Crippen LogP) is 1.48. The van der Waals surface area contributed by atoms with Crippen molar-refractivity contribution in [2.24, 2.45) is 0 Å². The van der Waals surface area contributed by atoms with Crippen molar-refractivity contribution in [1.82, 2.24) is 4.98 Å². The molecule has 0 unspecified atom stereocenters. The third-order valence-electron chi connectivity index (χ3n) is 2.39. The number of carbonyl (C=O) groups is 2. The monoisotopic (exact) mass is 253 g/mol. The van der Waals surface area contributed by atoms with Crippen molar-refractivity contribution < 1.29 is 24.2 Å². The summed E-state index contributed by atoms with van der Waals surface area (Å²) >= 11 is 0. The van der Waals surface area contributed by atoms with Gasteiger partial charge in [0.15, 0.2) is 0 Å². The Kier molecular flexibility index (Phi) is 4.25. The molecule has 0 aliphatic rings. The zero-order valence-corrected chi connectivity index (χ0v) is 10.7. The number of ether oxygens (including phenoxy) is 2. The number of esters is 2. The smallest absolute Gasteiger partial charge is 0.343 e. The number of pyridine rings is 1. The molecule has 0 fully saturated rings. The van der Waals surface area contributed by atoms with Crippen molar-refractivity contribution in [3.8, 4) is 5.88 Å². The normalized spacial score (nSPS) is 10.3. The number of aromatic hydroxyl groups is 1. The number of rotatable bonds is 3. The molecule has 1 heterocycles. The average molecular weight is 253 g/mol. The second kappa shape index (κ2) is 5.48. The summed E-state index contributed by atoms with van der Waals surface area (Å²) < 4.78 is 9.12. The minimum Gasteiger partial charge on any atom is -0.493 e. The van der Waals surface area contributed by atoms with E-state index in [2.05, 4.69) is 14.5 Å². The fourth-order valence-electron chi connectivity index (χ4n) is 1.49. The van der Waals surface area contributed by atoms with Crippen LogP contribution in [-0.4, -0.2) is 36.2 Å². The molecule has 98 valence electrons. The molecule has 0 saturated heterocycles. The van der Waals surface area contributed by atoms with Crippen molar-refractivity contribution in [2.45, 2.75) is 19.8 Å². The average Bonchev–Trinajstić information content (AvgIpc) is 2.36. The molecule has 0 bridgehead atoms. The highest BCUT2D eigenvalue weighted by Crippen LogP contribution is 2.25. The largest absolute Gasteiger partial charge is 0.493 e. The van der Waals surface area contributed by atoms with Gasteiger partial charge in [0.2, 0.25) is 5.88 Å². The maximum Gasteiger partial charge on any atom is 0.343 e. The van der Waals surface area contributed by atoms with Gasteiger partial charge in [-0.3, -0.25) is 0 Å². The molecule has 6 nitrogen and oxygen atoms in total. The summed E-state index contributed by atoms with van der Waals surface area (Å²) in [5.41, 5.74) is 0.347. The number of methoxy groups -OCH3 is 2. The molecular weight excluding hydrogens is 238 g/mol. The van der Waals surface area contributed by atoms with Gasteiger partial charge in [-0.25, -0.2) is 14.6 Å². The Bertz CT molecular complexity index is 482. The predicted molar refractivity (Wildman–Crippen MR) is 62.7 cm³/mol. The van der Waals surface area contributed by atoms with E-state index in [-0.39, 0.29) is 17.0 Å². The van der Waals surface area contributed by atoms with E-state index >= 15 is 0 Å². The zero-order chi connectivity index (χ0) is 13.9. The SMILES string of the molecule is COC(=O)c1cc(C(=O)OC)c(C(C)C)nc1O. The molecule has 6 heteroatoms.